The molecule has 0 aromatic heterocycles. The monoisotopic (exact) mass is 344 g/mol. The van der Waals surface area contributed by atoms with Gasteiger partial charge in [0, 0.05) is 37.7 Å². The van der Waals surface area contributed by atoms with Crippen molar-refractivity contribution in [1.82, 2.24) is 9.80 Å². The Kier molecular flexibility index (Phi) is 5.61. The van der Waals surface area contributed by atoms with E-state index < -0.39 is 0 Å². The number of aryl methyl sites for hydroxylation is 1. The summed E-state index contributed by atoms with van der Waals surface area (Å²) in [6, 6.07) is 5.91. The first-order valence-corrected chi connectivity index (χ1v) is 9.28. The van der Waals surface area contributed by atoms with Gasteiger partial charge in [0.05, 0.1) is 13.5 Å². The number of carbonyl (C=O) groups excluding carboxylic acids is 2. The number of hydrogen-bond acceptors (Lipinski definition) is 3. The lowest BCUT2D eigenvalue weighted by Crippen LogP contribution is -2.52. The minimum absolute atomic E-state index is 0.108. The molecule has 1 heterocycles. The third-order valence-electron chi connectivity index (χ3n) is 5.43. The van der Waals surface area contributed by atoms with Crippen molar-refractivity contribution in [3.63, 3.8) is 0 Å². The van der Waals surface area contributed by atoms with Crippen LogP contribution in [0.4, 0.5) is 0 Å². The molecule has 3 rings (SSSR count). The van der Waals surface area contributed by atoms with Gasteiger partial charge in [-0.05, 0) is 25.8 Å². The van der Waals surface area contributed by atoms with Crippen LogP contribution in [-0.4, -0.2) is 54.9 Å². The summed E-state index contributed by atoms with van der Waals surface area (Å²) in [5.41, 5.74) is 2.05. The molecule has 2 amide bonds. The van der Waals surface area contributed by atoms with Crippen molar-refractivity contribution in [3.05, 3.63) is 29.3 Å². The summed E-state index contributed by atoms with van der Waals surface area (Å²) >= 11 is 0. The van der Waals surface area contributed by atoms with Gasteiger partial charge in [0.1, 0.15) is 5.75 Å². The summed E-state index contributed by atoms with van der Waals surface area (Å²) in [6.45, 7) is 4.59. The van der Waals surface area contributed by atoms with Gasteiger partial charge in [-0.3, -0.25) is 9.59 Å². The van der Waals surface area contributed by atoms with E-state index in [-0.39, 0.29) is 11.8 Å². The Morgan fingerprint density at radius 3 is 2.36 bits per heavy atom. The predicted molar refractivity (Wildman–Crippen MR) is 96.6 cm³/mol. The number of benzene rings is 1. The van der Waals surface area contributed by atoms with E-state index in [9.17, 15) is 9.59 Å². The van der Waals surface area contributed by atoms with Crippen LogP contribution in [0.15, 0.2) is 18.2 Å². The number of nitrogens with zero attached hydrogens (tertiary/aromatic N) is 2. The fraction of sp³-hybridized carbons (Fsp3) is 0.600. The summed E-state index contributed by atoms with van der Waals surface area (Å²) in [6.07, 6.45) is 4.76. The van der Waals surface area contributed by atoms with Gasteiger partial charge in [0.2, 0.25) is 11.8 Å². The van der Waals surface area contributed by atoms with Crippen molar-refractivity contribution in [2.24, 2.45) is 5.92 Å². The highest BCUT2D eigenvalue weighted by Gasteiger charge is 2.30. The summed E-state index contributed by atoms with van der Waals surface area (Å²) in [5.74, 6) is 1.38. The van der Waals surface area contributed by atoms with E-state index in [1.54, 1.807) is 7.11 Å². The Hall–Kier alpha value is -2.04. The van der Waals surface area contributed by atoms with Gasteiger partial charge in [-0.25, -0.2) is 0 Å². The lowest BCUT2D eigenvalue weighted by molar-refractivity contribution is -0.141. The molecule has 0 N–H and O–H groups in total. The summed E-state index contributed by atoms with van der Waals surface area (Å²) in [7, 11) is 1.63. The van der Waals surface area contributed by atoms with Crippen molar-refractivity contribution in [3.8, 4) is 5.75 Å². The maximum Gasteiger partial charge on any atom is 0.227 e. The van der Waals surface area contributed by atoms with Gasteiger partial charge >= 0.3 is 0 Å². The van der Waals surface area contributed by atoms with E-state index in [1.165, 1.54) is 12.8 Å². The molecule has 0 radical (unpaired) electrons. The zero-order valence-corrected chi connectivity index (χ0v) is 15.3. The largest absolute Gasteiger partial charge is 0.496 e. The van der Waals surface area contributed by atoms with Crippen LogP contribution in [0.1, 0.15) is 36.8 Å². The number of ether oxygens (including phenoxy) is 1. The SMILES string of the molecule is COc1ccc(C)cc1CC(=O)N1CCN(C(=O)C2CCCC2)CC1. The third kappa shape index (κ3) is 4.14. The molecule has 1 saturated heterocycles. The van der Waals surface area contributed by atoms with E-state index in [2.05, 4.69) is 0 Å². The Labute approximate surface area is 149 Å². The zero-order chi connectivity index (χ0) is 17.8. The van der Waals surface area contributed by atoms with E-state index in [1.807, 2.05) is 34.9 Å². The highest BCUT2D eigenvalue weighted by Crippen LogP contribution is 2.27. The maximum atomic E-state index is 12.6. The molecule has 1 aliphatic heterocycles. The molecule has 0 unspecified atom stereocenters. The molecule has 1 aromatic carbocycles. The first-order chi connectivity index (χ1) is 12.1. The van der Waals surface area contributed by atoms with Crippen LogP contribution >= 0.6 is 0 Å². The molecule has 1 aromatic rings. The average molecular weight is 344 g/mol. The molecule has 1 saturated carbocycles. The first-order valence-electron chi connectivity index (χ1n) is 9.28. The van der Waals surface area contributed by atoms with Gasteiger partial charge in [-0.2, -0.15) is 0 Å². The van der Waals surface area contributed by atoms with Gasteiger partial charge in [0.25, 0.3) is 0 Å². The second-order valence-corrected chi connectivity index (χ2v) is 7.18. The van der Waals surface area contributed by atoms with Crippen LogP contribution in [0, 0.1) is 12.8 Å². The molecule has 0 atom stereocenters. The van der Waals surface area contributed by atoms with E-state index >= 15 is 0 Å². The number of piperazine rings is 1. The minimum Gasteiger partial charge on any atom is -0.496 e. The summed E-state index contributed by atoms with van der Waals surface area (Å²) < 4.78 is 5.37. The minimum atomic E-state index is 0.108. The predicted octanol–water partition coefficient (Wildman–Crippen LogP) is 2.41. The Morgan fingerprint density at radius 1 is 1.08 bits per heavy atom. The van der Waals surface area contributed by atoms with E-state index in [4.69, 9.17) is 4.74 Å². The third-order valence-corrected chi connectivity index (χ3v) is 5.43. The van der Waals surface area contributed by atoms with Crippen molar-refractivity contribution in [1.29, 1.82) is 0 Å². The first kappa shape index (κ1) is 17.8. The number of carbonyl (C=O) groups is 2. The van der Waals surface area contributed by atoms with Crippen LogP contribution in [-0.2, 0) is 16.0 Å². The zero-order valence-electron chi connectivity index (χ0n) is 15.3. The lowest BCUT2D eigenvalue weighted by atomic mass is 10.1. The van der Waals surface area contributed by atoms with Crippen LogP contribution in [0.5, 0.6) is 5.75 Å². The molecule has 2 fully saturated rings. The van der Waals surface area contributed by atoms with Crippen LogP contribution in [0.2, 0.25) is 0 Å². The maximum absolute atomic E-state index is 12.6. The molecule has 25 heavy (non-hydrogen) atoms. The molecule has 0 bridgehead atoms. The van der Waals surface area contributed by atoms with Crippen LogP contribution in [0.25, 0.3) is 0 Å². The quantitative estimate of drug-likeness (QED) is 0.843. The smallest absolute Gasteiger partial charge is 0.227 e. The topological polar surface area (TPSA) is 49.9 Å². The van der Waals surface area contributed by atoms with Crippen molar-refractivity contribution in [2.75, 3.05) is 33.3 Å². The molecular weight excluding hydrogens is 316 g/mol. The Balaban J connectivity index is 1.55. The fourth-order valence-electron chi connectivity index (χ4n) is 3.93. The van der Waals surface area contributed by atoms with Gasteiger partial charge in [0.15, 0.2) is 0 Å². The molecule has 1 aliphatic carbocycles. The standard InChI is InChI=1S/C20H28N2O3/c1-15-7-8-18(25-2)17(13-15)14-19(23)21-9-11-22(12-10-21)20(24)16-5-3-4-6-16/h7-8,13,16H,3-6,9-12,14H2,1-2H3. The number of amides is 2. The molecule has 2 aliphatic rings. The fourth-order valence-corrected chi connectivity index (χ4v) is 3.93. The molecule has 0 spiro atoms. The van der Waals surface area contributed by atoms with Gasteiger partial charge < -0.3 is 14.5 Å². The number of rotatable bonds is 4. The highest BCUT2D eigenvalue weighted by molar-refractivity contribution is 5.81. The van der Waals surface area contributed by atoms with Crippen LogP contribution in [0.3, 0.4) is 0 Å². The van der Waals surface area contributed by atoms with Crippen LogP contribution < -0.4 is 4.74 Å². The Morgan fingerprint density at radius 2 is 1.72 bits per heavy atom. The number of methoxy groups -OCH3 is 1. The normalized spacial score (nSPS) is 18.5. The van der Waals surface area contributed by atoms with Crippen molar-refractivity contribution in [2.45, 2.75) is 39.0 Å². The van der Waals surface area contributed by atoms with Crippen molar-refractivity contribution >= 4 is 11.8 Å². The molecular formula is C20H28N2O3. The summed E-state index contributed by atoms with van der Waals surface area (Å²) in [4.78, 5) is 29.0. The number of hydrogen-bond donors (Lipinski definition) is 0. The molecule has 136 valence electrons. The van der Waals surface area contributed by atoms with Gasteiger partial charge in [-0.1, -0.05) is 30.5 Å². The van der Waals surface area contributed by atoms with Gasteiger partial charge in [-0.15, -0.1) is 0 Å². The molecule has 5 heteroatoms. The molecule has 5 nitrogen and oxygen atoms in total. The lowest BCUT2D eigenvalue weighted by Gasteiger charge is -2.36. The highest BCUT2D eigenvalue weighted by atomic mass is 16.5. The Bertz CT molecular complexity index is 630. The van der Waals surface area contributed by atoms with E-state index in [0.29, 0.717) is 38.5 Å². The average Bonchev–Trinajstić information content (AvgIpc) is 3.16. The van der Waals surface area contributed by atoms with Crippen molar-refractivity contribution < 1.29 is 14.3 Å². The second-order valence-electron chi connectivity index (χ2n) is 7.18. The second kappa shape index (κ2) is 7.89. The summed E-state index contributed by atoms with van der Waals surface area (Å²) in [5, 5.41) is 0. The van der Waals surface area contributed by atoms with E-state index in [0.717, 1.165) is 29.7 Å².